The van der Waals surface area contributed by atoms with Crippen molar-refractivity contribution in [1.29, 1.82) is 0 Å². The van der Waals surface area contributed by atoms with Crippen LogP contribution in [-0.2, 0) is 12.8 Å². The number of hydrogen-bond donors (Lipinski definition) is 1. The van der Waals surface area contributed by atoms with Gasteiger partial charge in [-0.1, -0.05) is 35.9 Å². The molecule has 1 aromatic heterocycles. The molecule has 18 heavy (non-hydrogen) atoms. The molecule has 94 valence electrons. The van der Waals surface area contributed by atoms with Crippen molar-refractivity contribution in [1.82, 2.24) is 5.32 Å². The average molecular weight is 278 g/mol. The number of likely N-dealkylation sites (N-methyl/N-ethyl adjacent to an activating group) is 1. The first-order chi connectivity index (χ1) is 8.78. The molecule has 1 heterocycles. The minimum Gasteiger partial charge on any atom is -0.316 e. The molecule has 0 aliphatic heterocycles. The molecule has 0 amide bonds. The highest BCUT2D eigenvalue weighted by Gasteiger charge is 2.31. The maximum Gasteiger partial charge on any atom is 0.0931 e. The lowest BCUT2D eigenvalue weighted by molar-refractivity contribution is 0.424. The van der Waals surface area contributed by atoms with Crippen LogP contribution in [0, 0.1) is 0 Å². The van der Waals surface area contributed by atoms with E-state index in [1.54, 1.807) is 11.3 Å². The molecule has 0 radical (unpaired) electrons. The van der Waals surface area contributed by atoms with Gasteiger partial charge in [0, 0.05) is 16.8 Å². The van der Waals surface area contributed by atoms with Crippen molar-refractivity contribution in [3.05, 3.63) is 56.7 Å². The molecule has 0 saturated carbocycles. The first kappa shape index (κ1) is 12.2. The normalized spacial score (nSPS) is 19.1. The summed E-state index contributed by atoms with van der Waals surface area (Å²) in [4.78, 5) is 1.36. The molecule has 1 nitrogen and oxygen atoms in total. The number of nitrogens with one attached hydrogen (secondary N) is 1. The molecule has 3 rings (SSSR count). The highest BCUT2D eigenvalue weighted by atomic mass is 35.5. The zero-order valence-electron chi connectivity index (χ0n) is 10.3. The summed E-state index contributed by atoms with van der Waals surface area (Å²) in [5, 5.41) is 3.47. The first-order valence-corrected chi connectivity index (χ1v) is 7.46. The molecule has 3 heteroatoms. The standard InChI is InChI=1S/C15H16ClNS/c1-17-14(9-11-6-7-15(16)18-11)13-8-10-4-2-3-5-12(10)13/h2-7,13-14,17H,8-9H2,1H3. The van der Waals surface area contributed by atoms with Gasteiger partial charge in [-0.25, -0.2) is 0 Å². The molecule has 0 bridgehead atoms. The van der Waals surface area contributed by atoms with E-state index < -0.39 is 0 Å². The van der Waals surface area contributed by atoms with Crippen LogP contribution in [0.3, 0.4) is 0 Å². The third kappa shape index (κ3) is 2.20. The maximum atomic E-state index is 5.99. The molecule has 0 spiro atoms. The second-order valence-corrected chi connectivity index (χ2v) is 6.61. The summed E-state index contributed by atoms with van der Waals surface area (Å²) >= 11 is 7.68. The molecule has 2 unspecified atom stereocenters. The van der Waals surface area contributed by atoms with Gasteiger partial charge in [-0.2, -0.15) is 0 Å². The topological polar surface area (TPSA) is 12.0 Å². The Balaban J connectivity index is 1.75. The van der Waals surface area contributed by atoms with Gasteiger partial charge in [0.05, 0.1) is 4.34 Å². The summed E-state index contributed by atoms with van der Waals surface area (Å²) in [6.45, 7) is 0. The van der Waals surface area contributed by atoms with Crippen LogP contribution in [0.15, 0.2) is 36.4 Å². The highest BCUT2D eigenvalue weighted by Crippen LogP contribution is 2.38. The molecule has 1 aliphatic rings. The van der Waals surface area contributed by atoms with Crippen LogP contribution in [0.2, 0.25) is 4.34 Å². The van der Waals surface area contributed by atoms with Gasteiger partial charge in [-0.3, -0.25) is 0 Å². The summed E-state index contributed by atoms with van der Waals surface area (Å²) < 4.78 is 0.883. The van der Waals surface area contributed by atoms with E-state index in [0.29, 0.717) is 12.0 Å². The Morgan fingerprint density at radius 2 is 2.17 bits per heavy atom. The zero-order chi connectivity index (χ0) is 12.5. The predicted octanol–water partition coefficient (Wildman–Crippen LogP) is 3.87. The Kier molecular flexibility index (Phi) is 3.42. The SMILES string of the molecule is CNC(Cc1ccc(Cl)s1)C1Cc2ccccc21. The van der Waals surface area contributed by atoms with Gasteiger partial charge in [-0.05, 0) is 43.1 Å². The van der Waals surface area contributed by atoms with Crippen LogP contribution >= 0.6 is 22.9 Å². The van der Waals surface area contributed by atoms with E-state index in [-0.39, 0.29) is 0 Å². The summed E-state index contributed by atoms with van der Waals surface area (Å²) in [5.74, 6) is 0.645. The summed E-state index contributed by atoms with van der Waals surface area (Å²) in [5.41, 5.74) is 3.02. The van der Waals surface area contributed by atoms with Crippen molar-refractivity contribution in [2.75, 3.05) is 7.05 Å². The fourth-order valence-corrected chi connectivity index (χ4v) is 3.93. The Hall–Kier alpha value is -0.830. The Morgan fingerprint density at radius 3 is 2.83 bits per heavy atom. The van der Waals surface area contributed by atoms with Gasteiger partial charge in [0.2, 0.25) is 0 Å². The zero-order valence-corrected chi connectivity index (χ0v) is 11.9. The smallest absolute Gasteiger partial charge is 0.0931 e. The molecule has 2 aromatic rings. The summed E-state index contributed by atoms with van der Waals surface area (Å²) in [6.07, 6.45) is 2.26. The molecule has 1 aromatic carbocycles. The fraction of sp³-hybridized carbons (Fsp3) is 0.333. The van der Waals surface area contributed by atoms with E-state index in [4.69, 9.17) is 11.6 Å². The predicted molar refractivity (Wildman–Crippen MR) is 78.8 cm³/mol. The Labute approximate surface area is 117 Å². The molecule has 0 saturated heterocycles. The van der Waals surface area contributed by atoms with Crippen molar-refractivity contribution < 1.29 is 0 Å². The first-order valence-electron chi connectivity index (χ1n) is 6.27. The van der Waals surface area contributed by atoms with Gasteiger partial charge >= 0.3 is 0 Å². The molecule has 1 N–H and O–H groups in total. The fourth-order valence-electron chi connectivity index (χ4n) is 2.78. The number of hydrogen-bond acceptors (Lipinski definition) is 2. The summed E-state index contributed by atoms with van der Waals surface area (Å²) in [6, 6.07) is 13.4. The van der Waals surface area contributed by atoms with Crippen LogP contribution in [0.1, 0.15) is 21.9 Å². The van der Waals surface area contributed by atoms with Crippen molar-refractivity contribution in [2.45, 2.75) is 24.8 Å². The van der Waals surface area contributed by atoms with E-state index in [9.17, 15) is 0 Å². The van der Waals surface area contributed by atoms with Crippen molar-refractivity contribution in [3.63, 3.8) is 0 Å². The lowest BCUT2D eigenvalue weighted by Gasteiger charge is -2.36. The third-order valence-electron chi connectivity index (χ3n) is 3.80. The van der Waals surface area contributed by atoms with Gasteiger partial charge in [0.15, 0.2) is 0 Å². The van der Waals surface area contributed by atoms with E-state index in [2.05, 4.69) is 42.7 Å². The molecule has 0 fully saturated rings. The van der Waals surface area contributed by atoms with Crippen molar-refractivity contribution >= 4 is 22.9 Å². The Morgan fingerprint density at radius 1 is 1.33 bits per heavy atom. The molecular weight excluding hydrogens is 262 g/mol. The quantitative estimate of drug-likeness (QED) is 0.895. The van der Waals surface area contributed by atoms with E-state index in [1.165, 1.54) is 22.4 Å². The van der Waals surface area contributed by atoms with Crippen LogP contribution in [0.5, 0.6) is 0 Å². The second kappa shape index (κ2) is 5.04. The molecule has 1 aliphatic carbocycles. The highest BCUT2D eigenvalue weighted by molar-refractivity contribution is 7.16. The van der Waals surface area contributed by atoms with Gasteiger partial charge in [0.25, 0.3) is 0 Å². The number of thiophene rings is 1. The van der Waals surface area contributed by atoms with Crippen molar-refractivity contribution in [2.24, 2.45) is 0 Å². The van der Waals surface area contributed by atoms with Crippen LogP contribution in [0.25, 0.3) is 0 Å². The molecular formula is C15H16ClNS. The number of rotatable bonds is 4. The Bertz CT molecular complexity index is 549. The minimum atomic E-state index is 0.509. The number of halogens is 1. The largest absolute Gasteiger partial charge is 0.316 e. The van der Waals surface area contributed by atoms with Gasteiger partial charge in [-0.15, -0.1) is 11.3 Å². The van der Waals surface area contributed by atoms with E-state index >= 15 is 0 Å². The van der Waals surface area contributed by atoms with Crippen molar-refractivity contribution in [3.8, 4) is 0 Å². The molecule has 2 atom stereocenters. The van der Waals surface area contributed by atoms with Gasteiger partial charge in [0.1, 0.15) is 0 Å². The monoisotopic (exact) mass is 277 g/mol. The average Bonchev–Trinajstić information content (AvgIpc) is 2.75. The van der Waals surface area contributed by atoms with Crippen LogP contribution in [0.4, 0.5) is 0 Å². The van der Waals surface area contributed by atoms with Gasteiger partial charge < -0.3 is 5.32 Å². The maximum absolute atomic E-state index is 5.99. The lowest BCUT2D eigenvalue weighted by Crippen LogP contribution is -2.39. The van der Waals surface area contributed by atoms with E-state index in [0.717, 1.165) is 10.8 Å². The number of benzene rings is 1. The lowest BCUT2D eigenvalue weighted by atomic mass is 9.72. The second-order valence-electron chi connectivity index (χ2n) is 4.81. The summed E-state index contributed by atoms with van der Waals surface area (Å²) in [7, 11) is 2.06. The van der Waals surface area contributed by atoms with E-state index in [1.807, 2.05) is 6.07 Å². The third-order valence-corrected chi connectivity index (χ3v) is 5.05. The minimum absolute atomic E-state index is 0.509. The van der Waals surface area contributed by atoms with Crippen LogP contribution < -0.4 is 5.32 Å². The van der Waals surface area contributed by atoms with Crippen LogP contribution in [-0.4, -0.2) is 13.1 Å². The number of fused-ring (bicyclic) bond motifs is 1.